The van der Waals surface area contributed by atoms with Crippen LogP contribution < -0.4 is 5.32 Å². The molecule has 182 valence electrons. The number of fused-ring (bicyclic) bond motifs is 2. The zero-order valence-electron chi connectivity index (χ0n) is 20.4. The van der Waals surface area contributed by atoms with Crippen LogP contribution in [0.1, 0.15) is 23.6 Å². The van der Waals surface area contributed by atoms with Crippen molar-refractivity contribution >= 4 is 33.7 Å². The van der Waals surface area contributed by atoms with Gasteiger partial charge in [0.05, 0.1) is 22.1 Å². The minimum atomic E-state index is -0.0233. The Hall–Kier alpha value is -4.71. The molecule has 0 saturated carbocycles. The Morgan fingerprint density at radius 3 is 2.27 bits per heavy atom. The van der Waals surface area contributed by atoms with Gasteiger partial charge in [0.2, 0.25) is 5.91 Å². The highest BCUT2D eigenvalue weighted by molar-refractivity contribution is 5.90. The van der Waals surface area contributed by atoms with Gasteiger partial charge in [0.25, 0.3) is 0 Å². The molecule has 6 aromatic rings. The predicted octanol–water partition coefficient (Wildman–Crippen LogP) is 6.26. The topological polar surface area (TPSA) is 75.6 Å². The molecule has 2 aromatic heterocycles. The molecule has 0 unspecified atom stereocenters. The summed E-state index contributed by atoms with van der Waals surface area (Å²) in [6.45, 7) is 0. The van der Waals surface area contributed by atoms with Crippen LogP contribution in [0.5, 0.6) is 0 Å². The lowest BCUT2D eigenvalue weighted by Gasteiger charge is -2.10. The quantitative estimate of drug-likeness (QED) is 0.267. The third kappa shape index (κ3) is 5.00. The lowest BCUT2D eigenvalue weighted by Crippen LogP contribution is -2.12. The SMILES string of the molecule is O=C(CCc1nc2ccccc2[nH]1)Nc1ccc(CCc2nc3ccccc3n2-c2ccccc2)cc1. The molecule has 0 aliphatic heterocycles. The third-order valence-corrected chi connectivity index (χ3v) is 6.55. The molecule has 0 aliphatic carbocycles. The summed E-state index contributed by atoms with van der Waals surface area (Å²) in [5.41, 5.74) is 7.15. The summed E-state index contributed by atoms with van der Waals surface area (Å²) in [6.07, 6.45) is 2.61. The number of benzene rings is 4. The lowest BCUT2D eigenvalue weighted by molar-refractivity contribution is -0.116. The van der Waals surface area contributed by atoms with Gasteiger partial charge in [0.15, 0.2) is 0 Å². The number of hydrogen-bond donors (Lipinski definition) is 2. The predicted molar refractivity (Wildman–Crippen MR) is 148 cm³/mol. The summed E-state index contributed by atoms with van der Waals surface area (Å²) in [5, 5.41) is 3.00. The van der Waals surface area contributed by atoms with E-state index in [1.165, 1.54) is 5.56 Å². The van der Waals surface area contributed by atoms with Crippen molar-refractivity contribution in [1.82, 2.24) is 19.5 Å². The van der Waals surface area contributed by atoms with E-state index in [4.69, 9.17) is 4.98 Å². The summed E-state index contributed by atoms with van der Waals surface area (Å²) >= 11 is 0. The first-order chi connectivity index (χ1) is 18.2. The molecule has 2 heterocycles. The zero-order chi connectivity index (χ0) is 25.0. The van der Waals surface area contributed by atoms with Crippen molar-refractivity contribution in [2.75, 3.05) is 5.32 Å². The first-order valence-electron chi connectivity index (χ1n) is 12.6. The van der Waals surface area contributed by atoms with Gasteiger partial charge >= 0.3 is 0 Å². The van der Waals surface area contributed by atoms with Crippen LogP contribution in [0.3, 0.4) is 0 Å². The van der Waals surface area contributed by atoms with Crippen molar-refractivity contribution in [3.05, 3.63) is 120 Å². The molecule has 6 nitrogen and oxygen atoms in total. The number of aromatic nitrogens is 4. The van der Waals surface area contributed by atoms with Gasteiger partial charge in [0, 0.05) is 30.6 Å². The highest BCUT2D eigenvalue weighted by atomic mass is 16.1. The van der Waals surface area contributed by atoms with Gasteiger partial charge in [-0.3, -0.25) is 9.36 Å². The van der Waals surface area contributed by atoms with E-state index < -0.39 is 0 Å². The Balaban J connectivity index is 1.09. The number of para-hydroxylation sites is 5. The Morgan fingerprint density at radius 1 is 0.730 bits per heavy atom. The summed E-state index contributed by atoms with van der Waals surface area (Å²) in [4.78, 5) is 25.2. The smallest absolute Gasteiger partial charge is 0.224 e. The van der Waals surface area contributed by atoms with Crippen LogP contribution in [0.15, 0.2) is 103 Å². The van der Waals surface area contributed by atoms with Crippen molar-refractivity contribution in [2.24, 2.45) is 0 Å². The second-order valence-electron chi connectivity index (χ2n) is 9.13. The van der Waals surface area contributed by atoms with Crippen molar-refractivity contribution in [3.8, 4) is 5.69 Å². The van der Waals surface area contributed by atoms with Crippen LogP contribution >= 0.6 is 0 Å². The molecular formula is C31H27N5O. The number of nitrogens with one attached hydrogen (secondary N) is 2. The van der Waals surface area contributed by atoms with E-state index in [2.05, 4.69) is 74.4 Å². The average molecular weight is 486 g/mol. The van der Waals surface area contributed by atoms with E-state index in [9.17, 15) is 4.79 Å². The van der Waals surface area contributed by atoms with E-state index in [-0.39, 0.29) is 5.91 Å². The van der Waals surface area contributed by atoms with E-state index in [1.54, 1.807) is 0 Å². The van der Waals surface area contributed by atoms with E-state index in [0.717, 1.165) is 57.9 Å². The molecule has 0 radical (unpaired) electrons. The minimum Gasteiger partial charge on any atom is -0.342 e. The fourth-order valence-corrected chi connectivity index (χ4v) is 4.70. The number of amides is 1. The van der Waals surface area contributed by atoms with E-state index >= 15 is 0 Å². The molecule has 6 heteroatoms. The van der Waals surface area contributed by atoms with Gasteiger partial charge < -0.3 is 10.3 Å². The molecule has 6 rings (SSSR count). The summed E-state index contributed by atoms with van der Waals surface area (Å²) in [5.74, 6) is 1.84. The average Bonchev–Trinajstić information content (AvgIpc) is 3.53. The monoisotopic (exact) mass is 485 g/mol. The van der Waals surface area contributed by atoms with Crippen molar-refractivity contribution in [1.29, 1.82) is 0 Å². The maximum atomic E-state index is 12.5. The molecule has 4 aromatic carbocycles. The fourth-order valence-electron chi connectivity index (χ4n) is 4.70. The number of aromatic amines is 1. The lowest BCUT2D eigenvalue weighted by atomic mass is 10.1. The van der Waals surface area contributed by atoms with Crippen LogP contribution in [0.2, 0.25) is 0 Å². The zero-order valence-corrected chi connectivity index (χ0v) is 20.4. The molecule has 0 bridgehead atoms. The number of carbonyl (C=O) groups excluding carboxylic acids is 1. The number of anilines is 1. The molecule has 2 N–H and O–H groups in total. The van der Waals surface area contributed by atoms with Gasteiger partial charge in [-0.2, -0.15) is 0 Å². The molecular weight excluding hydrogens is 458 g/mol. The molecule has 0 aliphatic rings. The molecule has 37 heavy (non-hydrogen) atoms. The summed E-state index contributed by atoms with van der Waals surface area (Å²) < 4.78 is 2.24. The van der Waals surface area contributed by atoms with Gasteiger partial charge in [-0.1, -0.05) is 54.6 Å². The van der Waals surface area contributed by atoms with Gasteiger partial charge in [0.1, 0.15) is 11.6 Å². The highest BCUT2D eigenvalue weighted by Gasteiger charge is 2.12. The van der Waals surface area contributed by atoms with E-state index in [1.807, 2.05) is 48.5 Å². The first kappa shape index (κ1) is 22.7. The van der Waals surface area contributed by atoms with Gasteiger partial charge in [-0.25, -0.2) is 9.97 Å². The largest absolute Gasteiger partial charge is 0.342 e. The van der Waals surface area contributed by atoms with Crippen LogP contribution in [-0.2, 0) is 24.1 Å². The fraction of sp³-hybridized carbons (Fsp3) is 0.129. The molecule has 0 atom stereocenters. The second kappa shape index (κ2) is 10.1. The summed E-state index contributed by atoms with van der Waals surface area (Å²) in [6, 6.07) is 34.6. The third-order valence-electron chi connectivity index (χ3n) is 6.55. The Morgan fingerprint density at radius 2 is 1.46 bits per heavy atom. The number of aryl methyl sites for hydroxylation is 3. The number of H-pyrrole nitrogens is 1. The highest BCUT2D eigenvalue weighted by Crippen LogP contribution is 2.23. The van der Waals surface area contributed by atoms with Crippen molar-refractivity contribution in [2.45, 2.75) is 25.7 Å². The van der Waals surface area contributed by atoms with Crippen molar-refractivity contribution < 1.29 is 4.79 Å². The molecule has 0 saturated heterocycles. The van der Waals surface area contributed by atoms with Crippen molar-refractivity contribution in [3.63, 3.8) is 0 Å². The number of carbonyl (C=O) groups is 1. The number of nitrogens with zero attached hydrogens (tertiary/aromatic N) is 3. The van der Waals surface area contributed by atoms with Gasteiger partial charge in [-0.05, 0) is 60.5 Å². The molecule has 1 amide bonds. The minimum absolute atomic E-state index is 0.0233. The standard InChI is InChI=1S/C31H27N5O/c37-31(21-19-29-33-25-10-4-5-11-26(25)34-29)32-23-17-14-22(15-18-23)16-20-30-35-27-12-6-7-13-28(27)36(30)24-8-2-1-3-9-24/h1-15,17-18H,16,19-21H2,(H,32,37)(H,33,34). The van der Waals surface area contributed by atoms with Crippen LogP contribution in [0.4, 0.5) is 5.69 Å². The first-order valence-corrected chi connectivity index (χ1v) is 12.6. The Bertz CT molecular complexity index is 1630. The maximum absolute atomic E-state index is 12.5. The van der Waals surface area contributed by atoms with Crippen LogP contribution in [-0.4, -0.2) is 25.4 Å². The maximum Gasteiger partial charge on any atom is 0.224 e. The van der Waals surface area contributed by atoms with Gasteiger partial charge in [-0.15, -0.1) is 0 Å². The second-order valence-corrected chi connectivity index (χ2v) is 9.13. The Labute approximate surface area is 215 Å². The number of imidazole rings is 2. The number of hydrogen-bond acceptors (Lipinski definition) is 3. The summed E-state index contributed by atoms with van der Waals surface area (Å²) in [7, 11) is 0. The van der Waals surface area contributed by atoms with Crippen LogP contribution in [0, 0.1) is 0 Å². The molecule has 0 spiro atoms. The van der Waals surface area contributed by atoms with E-state index in [0.29, 0.717) is 12.8 Å². The normalized spacial score (nSPS) is 11.2. The Kier molecular flexibility index (Phi) is 6.21. The van der Waals surface area contributed by atoms with Crippen LogP contribution in [0.25, 0.3) is 27.8 Å². The molecule has 0 fully saturated rings. The number of rotatable bonds is 8.